The van der Waals surface area contributed by atoms with E-state index in [-0.39, 0.29) is 17.9 Å². The van der Waals surface area contributed by atoms with Gasteiger partial charge in [0.2, 0.25) is 16.0 Å². The fourth-order valence-electron chi connectivity index (χ4n) is 3.22. The molecule has 1 N–H and O–H groups in total. The number of benzene rings is 1. The number of rotatable bonds is 5. The van der Waals surface area contributed by atoms with E-state index in [0.29, 0.717) is 18.8 Å². The number of sulfonamides is 1. The predicted octanol–water partition coefficient (Wildman–Crippen LogP) is 2.22. The van der Waals surface area contributed by atoms with Gasteiger partial charge in [0.15, 0.2) is 0 Å². The Morgan fingerprint density at radius 3 is 3.00 bits per heavy atom. The summed E-state index contributed by atoms with van der Waals surface area (Å²) < 4.78 is 33.2. The van der Waals surface area contributed by atoms with Crippen molar-refractivity contribution in [2.75, 3.05) is 25.6 Å². The summed E-state index contributed by atoms with van der Waals surface area (Å²) in [4.78, 5) is 4.09. The van der Waals surface area contributed by atoms with Gasteiger partial charge in [-0.1, -0.05) is 26.0 Å². The van der Waals surface area contributed by atoms with Crippen molar-refractivity contribution in [2.24, 2.45) is 5.92 Å². The second-order valence-electron chi connectivity index (χ2n) is 6.71. The van der Waals surface area contributed by atoms with E-state index in [4.69, 9.17) is 4.74 Å². The molecule has 136 valence electrons. The van der Waals surface area contributed by atoms with Gasteiger partial charge in [0.05, 0.1) is 0 Å². The molecule has 0 spiro atoms. The first-order valence-electron chi connectivity index (χ1n) is 8.65. The minimum Gasteiger partial charge on any atom is -0.476 e. The highest BCUT2D eigenvalue weighted by Crippen LogP contribution is 2.25. The van der Waals surface area contributed by atoms with Crippen LogP contribution in [0.4, 0.5) is 0 Å². The summed E-state index contributed by atoms with van der Waals surface area (Å²) in [5, 5.41) is 5.12. The lowest BCUT2D eigenvalue weighted by atomic mass is 10.1. The van der Waals surface area contributed by atoms with Gasteiger partial charge < -0.3 is 10.1 Å². The summed E-state index contributed by atoms with van der Waals surface area (Å²) in [6.07, 6.45) is 4.23. The summed E-state index contributed by atoms with van der Waals surface area (Å²) in [6.45, 7) is 6.15. The maximum Gasteiger partial charge on any atom is 0.249 e. The molecular formula is C18H25N3O3S. The minimum atomic E-state index is -3.51. The molecule has 0 radical (unpaired) electrons. The topological polar surface area (TPSA) is 71.5 Å². The number of pyridine rings is 1. The summed E-state index contributed by atoms with van der Waals surface area (Å²) in [5.41, 5.74) is 0. The van der Waals surface area contributed by atoms with Crippen LogP contribution in [-0.4, -0.2) is 49.3 Å². The van der Waals surface area contributed by atoms with E-state index in [1.165, 1.54) is 0 Å². The van der Waals surface area contributed by atoms with Crippen molar-refractivity contribution in [1.82, 2.24) is 14.6 Å². The van der Waals surface area contributed by atoms with Crippen molar-refractivity contribution in [3.8, 4) is 5.75 Å². The minimum absolute atomic E-state index is 0.0483. The number of nitrogens with zero attached hydrogens (tertiary/aromatic N) is 2. The van der Waals surface area contributed by atoms with Crippen molar-refractivity contribution in [3.05, 3.63) is 36.7 Å². The third-order valence-corrected chi connectivity index (χ3v) is 6.17. The first kappa shape index (κ1) is 18.1. The SMILES string of the molecule is CC(C)C1CNCCCN1S(=O)(=O)COc1cccc2cnccc12. The van der Waals surface area contributed by atoms with E-state index in [2.05, 4.69) is 24.1 Å². The Hall–Kier alpha value is -1.70. The third kappa shape index (κ3) is 4.11. The maximum absolute atomic E-state index is 12.9. The summed E-state index contributed by atoms with van der Waals surface area (Å²) in [7, 11) is -3.51. The van der Waals surface area contributed by atoms with Gasteiger partial charge in [0.1, 0.15) is 5.75 Å². The summed E-state index contributed by atoms with van der Waals surface area (Å²) in [6, 6.07) is 7.36. The highest BCUT2D eigenvalue weighted by atomic mass is 32.2. The van der Waals surface area contributed by atoms with E-state index in [0.717, 1.165) is 23.7 Å². The molecule has 7 heteroatoms. The molecule has 1 aliphatic rings. The van der Waals surface area contributed by atoms with Gasteiger partial charge in [-0.25, -0.2) is 8.42 Å². The lowest BCUT2D eigenvalue weighted by Gasteiger charge is -2.31. The maximum atomic E-state index is 12.9. The number of hydrogen-bond acceptors (Lipinski definition) is 5. The zero-order valence-corrected chi connectivity index (χ0v) is 15.5. The Bertz CT molecular complexity index is 818. The molecule has 25 heavy (non-hydrogen) atoms. The van der Waals surface area contributed by atoms with Gasteiger partial charge in [-0.2, -0.15) is 4.31 Å². The Labute approximate surface area is 149 Å². The lowest BCUT2D eigenvalue weighted by molar-refractivity contribution is 0.260. The first-order chi connectivity index (χ1) is 12.0. The van der Waals surface area contributed by atoms with Crippen LogP contribution in [0.15, 0.2) is 36.7 Å². The van der Waals surface area contributed by atoms with E-state index in [9.17, 15) is 8.42 Å². The molecule has 1 aliphatic heterocycles. The van der Waals surface area contributed by atoms with Crippen LogP contribution in [0.2, 0.25) is 0 Å². The molecule has 1 atom stereocenters. The van der Waals surface area contributed by atoms with Crippen molar-refractivity contribution >= 4 is 20.8 Å². The third-order valence-electron chi connectivity index (χ3n) is 4.59. The van der Waals surface area contributed by atoms with Crippen LogP contribution in [0.25, 0.3) is 10.8 Å². The Morgan fingerprint density at radius 2 is 2.20 bits per heavy atom. The molecule has 0 saturated carbocycles. The predicted molar refractivity (Wildman–Crippen MR) is 99.0 cm³/mol. The molecule has 1 unspecified atom stereocenters. The fourth-order valence-corrected chi connectivity index (χ4v) is 4.76. The van der Waals surface area contributed by atoms with E-state index in [1.807, 2.05) is 18.2 Å². The Balaban J connectivity index is 1.80. The van der Waals surface area contributed by atoms with Crippen molar-refractivity contribution in [3.63, 3.8) is 0 Å². The van der Waals surface area contributed by atoms with Crippen molar-refractivity contribution < 1.29 is 13.2 Å². The van der Waals surface area contributed by atoms with Crippen LogP contribution < -0.4 is 10.1 Å². The number of fused-ring (bicyclic) bond motifs is 1. The van der Waals surface area contributed by atoms with E-state index >= 15 is 0 Å². The molecule has 0 amide bonds. The largest absolute Gasteiger partial charge is 0.476 e. The van der Waals surface area contributed by atoms with Gasteiger partial charge in [-0.15, -0.1) is 0 Å². The number of aromatic nitrogens is 1. The average molecular weight is 363 g/mol. The average Bonchev–Trinajstić information content (AvgIpc) is 2.86. The van der Waals surface area contributed by atoms with Gasteiger partial charge in [-0.3, -0.25) is 4.98 Å². The Morgan fingerprint density at radius 1 is 1.36 bits per heavy atom. The van der Waals surface area contributed by atoms with E-state index in [1.54, 1.807) is 22.8 Å². The molecule has 0 bridgehead atoms. The van der Waals surface area contributed by atoms with Crippen LogP contribution >= 0.6 is 0 Å². The lowest BCUT2D eigenvalue weighted by Crippen LogP contribution is -2.48. The molecule has 0 aliphatic carbocycles. The highest BCUT2D eigenvalue weighted by Gasteiger charge is 2.33. The number of ether oxygens (including phenoxy) is 1. The van der Waals surface area contributed by atoms with Crippen molar-refractivity contribution in [1.29, 1.82) is 0 Å². The number of nitrogens with one attached hydrogen (secondary N) is 1. The van der Waals surface area contributed by atoms with Gasteiger partial charge in [0.25, 0.3) is 0 Å². The fraction of sp³-hybridized carbons (Fsp3) is 0.500. The second kappa shape index (κ2) is 7.68. The standard InChI is InChI=1S/C18H25N3O3S/c1-14(2)17-12-19-8-4-10-21(17)25(22,23)13-24-18-6-3-5-15-11-20-9-7-16(15)18/h3,5-7,9,11,14,17,19H,4,8,10,12-13H2,1-2H3. The van der Waals surface area contributed by atoms with Crippen LogP contribution in [0, 0.1) is 5.92 Å². The monoisotopic (exact) mass is 363 g/mol. The van der Waals surface area contributed by atoms with Gasteiger partial charge >= 0.3 is 0 Å². The van der Waals surface area contributed by atoms with Crippen molar-refractivity contribution in [2.45, 2.75) is 26.3 Å². The molecule has 6 nitrogen and oxygen atoms in total. The molecule has 3 rings (SSSR count). The van der Waals surface area contributed by atoms with Crippen LogP contribution in [0.3, 0.4) is 0 Å². The first-order valence-corrected chi connectivity index (χ1v) is 10.3. The molecule has 1 saturated heterocycles. The second-order valence-corrected chi connectivity index (χ2v) is 8.58. The van der Waals surface area contributed by atoms with Gasteiger partial charge in [0, 0.05) is 42.3 Å². The van der Waals surface area contributed by atoms with Gasteiger partial charge in [-0.05, 0) is 31.0 Å². The zero-order valence-electron chi connectivity index (χ0n) is 14.7. The van der Waals surface area contributed by atoms with Crippen LogP contribution in [-0.2, 0) is 10.0 Å². The summed E-state index contributed by atoms with van der Waals surface area (Å²) in [5.74, 6) is 0.457. The molecule has 2 aromatic rings. The molecule has 2 heterocycles. The Kier molecular flexibility index (Phi) is 5.56. The van der Waals surface area contributed by atoms with Crippen LogP contribution in [0.5, 0.6) is 5.75 Å². The normalized spacial score (nSPS) is 19.9. The number of hydrogen-bond donors (Lipinski definition) is 1. The van der Waals surface area contributed by atoms with Crippen LogP contribution in [0.1, 0.15) is 20.3 Å². The van der Waals surface area contributed by atoms with E-state index < -0.39 is 10.0 Å². The quantitative estimate of drug-likeness (QED) is 0.882. The zero-order chi connectivity index (χ0) is 17.9. The molecule has 1 fully saturated rings. The molecule has 1 aromatic carbocycles. The molecule has 1 aromatic heterocycles. The highest BCUT2D eigenvalue weighted by molar-refractivity contribution is 7.88. The molecular weight excluding hydrogens is 338 g/mol. The smallest absolute Gasteiger partial charge is 0.249 e. The summed E-state index contributed by atoms with van der Waals surface area (Å²) >= 11 is 0.